The molecular formula is C11H19Cl. The zero-order valence-electron chi connectivity index (χ0n) is 8.52. The van der Waals surface area contributed by atoms with E-state index in [1.807, 2.05) is 0 Å². The second kappa shape index (κ2) is 3.41. The lowest BCUT2D eigenvalue weighted by atomic mass is 9.74. The Morgan fingerprint density at radius 2 is 2.08 bits per heavy atom. The maximum atomic E-state index is 6.16. The molecule has 0 nitrogen and oxygen atoms in total. The first-order valence-corrected chi connectivity index (χ1v) is 5.19. The van der Waals surface area contributed by atoms with Gasteiger partial charge in [-0.05, 0) is 24.2 Å². The largest absolute Gasteiger partial charge is 0.118 e. The average Bonchev–Trinajstić information content (AvgIpc) is 1.82. The molecule has 1 atom stereocenters. The molecule has 0 aromatic carbocycles. The van der Waals surface area contributed by atoms with Gasteiger partial charge in [0, 0.05) is 0 Å². The second-order valence-electron chi connectivity index (χ2n) is 4.96. The van der Waals surface area contributed by atoms with Gasteiger partial charge in [0.1, 0.15) is 0 Å². The van der Waals surface area contributed by atoms with Gasteiger partial charge in [-0.25, -0.2) is 0 Å². The summed E-state index contributed by atoms with van der Waals surface area (Å²) < 4.78 is 0. The fourth-order valence-electron chi connectivity index (χ4n) is 1.90. The summed E-state index contributed by atoms with van der Waals surface area (Å²) in [7, 11) is 0. The number of halogens is 1. The third kappa shape index (κ3) is 2.52. The van der Waals surface area contributed by atoms with Crippen molar-refractivity contribution in [3.8, 4) is 0 Å². The Bertz CT molecular complexity index is 189. The molecule has 0 fully saturated rings. The van der Waals surface area contributed by atoms with Gasteiger partial charge in [0.05, 0.1) is 5.38 Å². The van der Waals surface area contributed by atoms with E-state index in [0.717, 1.165) is 6.42 Å². The molecule has 0 aromatic rings. The minimum atomic E-state index is 0.256. The van der Waals surface area contributed by atoms with Gasteiger partial charge in [-0.15, -0.1) is 11.6 Å². The molecule has 1 aliphatic rings. The predicted octanol–water partition coefficient (Wildman–Crippen LogP) is 4.00. The van der Waals surface area contributed by atoms with E-state index in [2.05, 4.69) is 33.8 Å². The van der Waals surface area contributed by atoms with Crippen molar-refractivity contribution in [2.45, 2.75) is 45.9 Å². The molecular weight excluding hydrogens is 168 g/mol. The van der Waals surface area contributed by atoms with Crippen LogP contribution in [0.25, 0.3) is 0 Å². The fraction of sp³-hybridized carbons (Fsp3) is 0.818. The Kier molecular flexibility index (Phi) is 2.88. The van der Waals surface area contributed by atoms with Crippen molar-refractivity contribution in [1.29, 1.82) is 0 Å². The van der Waals surface area contributed by atoms with Gasteiger partial charge in [0.25, 0.3) is 0 Å². The normalized spacial score (nSPS) is 28.8. The van der Waals surface area contributed by atoms with E-state index in [1.165, 1.54) is 12.0 Å². The lowest BCUT2D eigenvalue weighted by molar-refractivity contribution is 0.311. The van der Waals surface area contributed by atoms with E-state index in [-0.39, 0.29) is 5.38 Å². The monoisotopic (exact) mass is 186 g/mol. The summed E-state index contributed by atoms with van der Waals surface area (Å²) in [5.41, 5.74) is 1.94. The molecule has 0 heterocycles. The number of rotatable bonds is 1. The first kappa shape index (κ1) is 10.1. The van der Waals surface area contributed by atoms with Crippen LogP contribution in [0.3, 0.4) is 0 Å². The highest BCUT2D eigenvalue weighted by Crippen LogP contribution is 2.39. The number of allylic oxidation sites excluding steroid dienone is 2. The highest BCUT2D eigenvalue weighted by Gasteiger charge is 2.28. The second-order valence-corrected chi connectivity index (χ2v) is 5.52. The highest BCUT2D eigenvalue weighted by molar-refractivity contribution is 6.21. The van der Waals surface area contributed by atoms with Crippen LogP contribution in [-0.2, 0) is 0 Å². The van der Waals surface area contributed by atoms with Gasteiger partial charge in [0.2, 0.25) is 0 Å². The standard InChI is InChI=1S/C11H19Cl/c1-8(2)9-5-10(12)7-11(3,4)6-9/h5,8,10H,6-7H2,1-4H3. The van der Waals surface area contributed by atoms with E-state index in [9.17, 15) is 0 Å². The third-order valence-electron chi connectivity index (χ3n) is 2.57. The van der Waals surface area contributed by atoms with Crippen molar-refractivity contribution in [3.05, 3.63) is 11.6 Å². The van der Waals surface area contributed by atoms with Crippen LogP contribution in [0.15, 0.2) is 11.6 Å². The Morgan fingerprint density at radius 3 is 2.50 bits per heavy atom. The van der Waals surface area contributed by atoms with Gasteiger partial charge in [-0.1, -0.05) is 39.3 Å². The van der Waals surface area contributed by atoms with Crippen molar-refractivity contribution < 1.29 is 0 Å². The van der Waals surface area contributed by atoms with Crippen LogP contribution in [0.2, 0.25) is 0 Å². The molecule has 0 N–H and O–H groups in total. The molecule has 0 aliphatic heterocycles. The molecule has 1 rings (SSSR count). The van der Waals surface area contributed by atoms with E-state index in [4.69, 9.17) is 11.6 Å². The molecule has 0 amide bonds. The van der Waals surface area contributed by atoms with Crippen molar-refractivity contribution in [3.63, 3.8) is 0 Å². The van der Waals surface area contributed by atoms with E-state index >= 15 is 0 Å². The molecule has 0 aromatic heterocycles. The number of alkyl halides is 1. The van der Waals surface area contributed by atoms with Crippen molar-refractivity contribution in [1.82, 2.24) is 0 Å². The quantitative estimate of drug-likeness (QED) is 0.429. The van der Waals surface area contributed by atoms with E-state index < -0.39 is 0 Å². The van der Waals surface area contributed by atoms with Crippen LogP contribution < -0.4 is 0 Å². The molecule has 0 saturated heterocycles. The maximum absolute atomic E-state index is 6.16. The molecule has 0 bridgehead atoms. The SMILES string of the molecule is CC(C)C1=CC(Cl)CC(C)(C)C1. The van der Waals surface area contributed by atoms with Gasteiger partial charge < -0.3 is 0 Å². The molecule has 0 saturated carbocycles. The summed E-state index contributed by atoms with van der Waals surface area (Å²) in [5.74, 6) is 0.658. The van der Waals surface area contributed by atoms with Crippen LogP contribution in [0.5, 0.6) is 0 Å². The van der Waals surface area contributed by atoms with Gasteiger partial charge in [-0.3, -0.25) is 0 Å². The molecule has 12 heavy (non-hydrogen) atoms. The minimum Gasteiger partial charge on any atom is -0.118 e. The third-order valence-corrected chi connectivity index (χ3v) is 2.85. The first-order valence-electron chi connectivity index (χ1n) is 4.75. The van der Waals surface area contributed by atoms with Crippen LogP contribution >= 0.6 is 11.6 Å². The lowest BCUT2D eigenvalue weighted by Gasteiger charge is -2.33. The van der Waals surface area contributed by atoms with Crippen LogP contribution in [0, 0.1) is 11.3 Å². The zero-order valence-corrected chi connectivity index (χ0v) is 9.28. The fourth-order valence-corrected chi connectivity index (χ4v) is 2.48. The summed E-state index contributed by atoms with van der Waals surface area (Å²) in [6.07, 6.45) is 4.58. The van der Waals surface area contributed by atoms with Gasteiger partial charge in [-0.2, -0.15) is 0 Å². The van der Waals surface area contributed by atoms with Crippen molar-refractivity contribution >= 4 is 11.6 Å². The topological polar surface area (TPSA) is 0 Å². The summed E-state index contributed by atoms with van der Waals surface area (Å²) in [4.78, 5) is 0. The van der Waals surface area contributed by atoms with Crippen LogP contribution in [0.1, 0.15) is 40.5 Å². The van der Waals surface area contributed by atoms with Crippen molar-refractivity contribution in [2.24, 2.45) is 11.3 Å². The van der Waals surface area contributed by atoms with Gasteiger partial charge >= 0.3 is 0 Å². The molecule has 1 heteroatoms. The Hall–Kier alpha value is 0.0300. The molecule has 1 aliphatic carbocycles. The Balaban J connectivity index is 2.76. The Labute approximate surface area is 81.0 Å². The molecule has 70 valence electrons. The average molecular weight is 187 g/mol. The van der Waals surface area contributed by atoms with Crippen LogP contribution in [0.4, 0.5) is 0 Å². The highest BCUT2D eigenvalue weighted by atomic mass is 35.5. The number of hydrogen-bond donors (Lipinski definition) is 0. The zero-order chi connectivity index (χ0) is 9.35. The molecule has 0 spiro atoms. The van der Waals surface area contributed by atoms with Crippen LogP contribution in [-0.4, -0.2) is 5.38 Å². The van der Waals surface area contributed by atoms with E-state index in [1.54, 1.807) is 0 Å². The van der Waals surface area contributed by atoms with Crippen molar-refractivity contribution in [2.75, 3.05) is 0 Å². The maximum Gasteiger partial charge on any atom is 0.0523 e. The first-order chi connectivity index (χ1) is 5.41. The summed E-state index contributed by atoms with van der Waals surface area (Å²) >= 11 is 6.16. The lowest BCUT2D eigenvalue weighted by Crippen LogP contribution is -2.23. The van der Waals surface area contributed by atoms with E-state index in [0.29, 0.717) is 11.3 Å². The number of hydrogen-bond acceptors (Lipinski definition) is 0. The minimum absolute atomic E-state index is 0.256. The van der Waals surface area contributed by atoms with Gasteiger partial charge in [0.15, 0.2) is 0 Å². The predicted molar refractivity (Wildman–Crippen MR) is 55.6 cm³/mol. The smallest absolute Gasteiger partial charge is 0.0523 e. The molecule has 1 unspecified atom stereocenters. The summed E-state index contributed by atoms with van der Waals surface area (Å²) in [5, 5.41) is 0.256. The molecule has 0 radical (unpaired) electrons. The summed E-state index contributed by atoms with van der Waals surface area (Å²) in [6, 6.07) is 0. The summed E-state index contributed by atoms with van der Waals surface area (Å²) in [6.45, 7) is 9.10. The Morgan fingerprint density at radius 1 is 1.50 bits per heavy atom.